The number of ether oxygens (including phenoxy) is 2. The Morgan fingerprint density at radius 3 is 2.81 bits per heavy atom. The number of carbonyl (C=O) groups excluding carboxylic acids is 1. The lowest BCUT2D eigenvalue weighted by Gasteiger charge is -2.22. The van der Waals surface area contributed by atoms with Gasteiger partial charge in [0.05, 0.1) is 25.8 Å². The molecule has 1 aromatic rings. The molecule has 0 aromatic heterocycles. The topological polar surface area (TPSA) is 38.8 Å². The number of hydrogen-bond acceptors (Lipinski definition) is 4. The van der Waals surface area contributed by atoms with E-state index < -0.39 is 0 Å². The molecule has 1 aliphatic rings. The van der Waals surface area contributed by atoms with Gasteiger partial charge in [0, 0.05) is 6.54 Å². The summed E-state index contributed by atoms with van der Waals surface area (Å²) in [6, 6.07) is 5.84. The minimum Gasteiger partial charge on any atom is -0.497 e. The Hall–Kier alpha value is -1.81. The number of likely N-dealkylation sites (N-methyl/N-ethyl adjacent to an activating group) is 1. The molecule has 0 aliphatic carbocycles. The largest absolute Gasteiger partial charge is 0.497 e. The molecule has 0 atom stereocenters. The van der Waals surface area contributed by atoms with Crippen molar-refractivity contribution in [3.05, 3.63) is 46.7 Å². The van der Waals surface area contributed by atoms with Crippen LogP contribution >= 0.6 is 0 Å². The zero-order valence-corrected chi connectivity index (χ0v) is 13.0. The molecular weight excluding hydrogens is 266 g/mol. The average molecular weight is 289 g/mol. The lowest BCUT2D eigenvalue weighted by Crippen LogP contribution is -2.23. The highest BCUT2D eigenvalue weighted by atomic mass is 16.5. The Morgan fingerprint density at radius 1 is 1.33 bits per heavy atom. The maximum absolute atomic E-state index is 11.7. The Labute approximate surface area is 126 Å². The summed E-state index contributed by atoms with van der Waals surface area (Å²) in [7, 11) is 3.46. The van der Waals surface area contributed by atoms with E-state index in [9.17, 15) is 4.79 Å². The lowest BCUT2D eigenvalue weighted by molar-refractivity contribution is 0.0600. The molecule has 0 bridgehead atoms. The lowest BCUT2D eigenvalue weighted by atomic mass is 10.1. The van der Waals surface area contributed by atoms with Crippen LogP contribution in [0, 0.1) is 6.92 Å². The van der Waals surface area contributed by atoms with Crippen molar-refractivity contribution in [1.82, 2.24) is 4.90 Å². The van der Waals surface area contributed by atoms with Crippen LogP contribution in [0.5, 0.6) is 0 Å². The summed E-state index contributed by atoms with van der Waals surface area (Å²) in [4.78, 5) is 13.8. The number of benzene rings is 1. The van der Waals surface area contributed by atoms with Gasteiger partial charge in [0.25, 0.3) is 0 Å². The molecule has 0 unspecified atom stereocenters. The van der Waals surface area contributed by atoms with Crippen LogP contribution in [-0.2, 0) is 16.0 Å². The molecule has 0 amide bonds. The number of rotatable bonds is 5. The van der Waals surface area contributed by atoms with Gasteiger partial charge in [-0.15, -0.1) is 0 Å². The molecule has 4 nitrogen and oxygen atoms in total. The first-order valence-electron chi connectivity index (χ1n) is 7.28. The van der Waals surface area contributed by atoms with Crippen LogP contribution in [-0.4, -0.2) is 38.2 Å². The smallest absolute Gasteiger partial charge is 0.337 e. The van der Waals surface area contributed by atoms with Gasteiger partial charge in [-0.25, -0.2) is 4.79 Å². The number of esters is 1. The summed E-state index contributed by atoms with van der Waals surface area (Å²) >= 11 is 0. The molecule has 0 spiro atoms. The average Bonchev–Trinajstić information content (AvgIpc) is 2.46. The van der Waals surface area contributed by atoms with Gasteiger partial charge in [0.2, 0.25) is 0 Å². The first kappa shape index (κ1) is 15.6. The number of hydrogen-bond donors (Lipinski definition) is 0. The van der Waals surface area contributed by atoms with E-state index >= 15 is 0 Å². The molecule has 1 aliphatic heterocycles. The maximum Gasteiger partial charge on any atom is 0.337 e. The zero-order chi connectivity index (χ0) is 15.2. The summed E-state index contributed by atoms with van der Waals surface area (Å²) < 4.78 is 10.4. The molecule has 0 fully saturated rings. The van der Waals surface area contributed by atoms with Gasteiger partial charge in [0.1, 0.15) is 5.76 Å². The van der Waals surface area contributed by atoms with E-state index in [1.54, 1.807) is 0 Å². The second-order valence-corrected chi connectivity index (χ2v) is 5.53. The van der Waals surface area contributed by atoms with Crippen LogP contribution in [0.15, 0.2) is 30.0 Å². The first-order chi connectivity index (χ1) is 10.1. The Bertz CT molecular complexity index is 537. The fraction of sp³-hybridized carbons (Fsp3) is 0.471. The normalized spacial score (nSPS) is 14.6. The summed E-state index contributed by atoms with van der Waals surface area (Å²) in [6.07, 6.45) is 4.36. The minimum absolute atomic E-state index is 0.291. The van der Waals surface area contributed by atoms with E-state index in [0.29, 0.717) is 5.56 Å². The number of allylic oxidation sites excluding steroid dienone is 1. The van der Waals surface area contributed by atoms with E-state index in [1.165, 1.54) is 7.11 Å². The van der Waals surface area contributed by atoms with E-state index in [4.69, 9.17) is 9.47 Å². The fourth-order valence-electron chi connectivity index (χ4n) is 2.54. The fourth-order valence-corrected chi connectivity index (χ4v) is 2.54. The highest BCUT2D eigenvalue weighted by Gasteiger charge is 2.11. The molecule has 0 N–H and O–H groups in total. The van der Waals surface area contributed by atoms with Crippen molar-refractivity contribution in [3.63, 3.8) is 0 Å². The van der Waals surface area contributed by atoms with Crippen LogP contribution in [0.25, 0.3) is 0 Å². The Kier molecular flexibility index (Phi) is 5.39. The summed E-state index contributed by atoms with van der Waals surface area (Å²) in [6.45, 7) is 4.37. The molecule has 2 rings (SSSR count). The number of methoxy groups -OCH3 is 1. The highest BCUT2D eigenvalue weighted by Crippen LogP contribution is 2.15. The van der Waals surface area contributed by atoms with Gasteiger partial charge in [-0.2, -0.15) is 0 Å². The third kappa shape index (κ3) is 4.60. The summed E-state index contributed by atoms with van der Waals surface area (Å²) in [5, 5.41) is 0. The summed E-state index contributed by atoms with van der Waals surface area (Å²) in [5.41, 5.74) is 2.78. The molecule has 0 saturated heterocycles. The predicted molar refractivity (Wildman–Crippen MR) is 82.1 cm³/mol. The molecule has 4 heteroatoms. The Morgan fingerprint density at radius 2 is 2.14 bits per heavy atom. The van der Waals surface area contributed by atoms with Gasteiger partial charge in [-0.3, -0.25) is 4.90 Å². The van der Waals surface area contributed by atoms with Gasteiger partial charge >= 0.3 is 5.97 Å². The standard InChI is InChI=1S/C17H23NO3/c1-13-8-14(10-15(9-13)17(19)20-3)11-18(2)12-16-6-4-5-7-21-16/h6,8-10H,4-5,7,11-12H2,1-3H3. The third-order valence-electron chi connectivity index (χ3n) is 3.44. The first-order valence-corrected chi connectivity index (χ1v) is 7.28. The van der Waals surface area contributed by atoms with Crippen LogP contribution in [0.3, 0.4) is 0 Å². The maximum atomic E-state index is 11.7. The van der Waals surface area contributed by atoms with Crippen molar-refractivity contribution in [2.24, 2.45) is 0 Å². The predicted octanol–water partition coefficient (Wildman–Crippen LogP) is 2.91. The van der Waals surface area contributed by atoms with Crippen molar-refractivity contribution in [2.75, 3.05) is 27.3 Å². The monoisotopic (exact) mass is 289 g/mol. The third-order valence-corrected chi connectivity index (χ3v) is 3.44. The van der Waals surface area contributed by atoms with E-state index in [2.05, 4.69) is 24.1 Å². The SMILES string of the molecule is COC(=O)c1cc(C)cc(CN(C)CC2=CCCCO2)c1. The molecule has 0 saturated carbocycles. The van der Waals surface area contributed by atoms with Crippen molar-refractivity contribution >= 4 is 5.97 Å². The summed E-state index contributed by atoms with van der Waals surface area (Å²) in [5.74, 6) is 0.755. The molecular formula is C17H23NO3. The van der Waals surface area contributed by atoms with E-state index in [1.807, 2.05) is 19.1 Å². The quantitative estimate of drug-likeness (QED) is 0.781. The van der Waals surface area contributed by atoms with E-state index in [0.717, 1.165) is 49.4 Å². The molecule has 0 radical (unpaired) electrons. The molecule has 1 aromatic carbocycles. The van der Waals surface area contributed by atoms with Crippen molar-refractivity contribution in [2.45, 2.75) is 26.3 Å². The van der Waals surface area contributed by atoms with Crippen LogP contribution < -0.4 is 0 Å². The number of nitrogens with zero attached hydrogens (tertiary/aromatic N) is 1. The number of aryl methyl sites for hydroxylation is 1. The zero-order valence-electron chi connectivity index (χ0n) is 13.0. The molecule has 114 valence electrons. The second-order valence-electron chi connectivity index (χ2n) is 5.53. The van der Waals surface area contributed by atoms with Gasteiger partial charge in [-0.1, -0.05) is 6.07 Å². The molecule has 1 heterocycles. The van der Waals surface area contributed by atoms with Gasteiger partial charge in [-0.05, 0) is 56.1 Å². The number of carbonyl (C=O) groups is 1. The van der Waals surface area contributed by atoms with Crippen molar-refractivity contribution in [3.8, 4) is 0 Å². The van der Waals surface area contributed by atoms with E-state index in [-0.39, 0.29) is 5.97 Å². The highest BCUT2D eigenvalue weighted by molar-refractivity contribution is 5.89. The van der Waals surface area contributed by atoms with Crippen molar-refractivity contribution in [1.29, 1.82) is 0 Å². The second kappa shape index (κ2) is 7.27. The minimum atomic E-state index is -0.291. The van der Waals surface area contributed by atoms with Crippen LogP contribution in [0.2, 0.25) is 0 Å². The van der Waals surface area contributed by atoms with Crippen LogP contribution in [0.1, 0.15) is 34.3 Å². The Balaban J connectivity index is 2.02. The van der Waals surface area contributed by atoms with Crippen LogP contribution in [0.4, 0.5) is 0 Å². The van der Waals surface area contributed by atoms with Gasteiger partial charge < -0.3 is 9.47 Å². The van der Waals surface area contributed by atoms with Gasteiger partial charge in [0.15, 0.2) is 0 Å². The van der Waals surface area contributed by atoms with Crippen molar-refractivity contribution < 1.29 is 14.3 Å². The molecule has 21 heavy (non-hydrogen) atoms.